The van der Waals surface area contributed by atoms with Crippen molar-refractivity contribution in [3.63, 3.8) is 0 Å². The Balaban J connectivity index is 1.50. The summed E-state index contributed by atoms with van der Waals surface area (Å²) >= 11 is 0. The second-order valence-electron chi connectivity index (χ2n) is 5.65. The number of hydrogen-bond acceptors (Lipinski definition) is 3. The first-order valence-corrected chi connectivity index (χ1v) is 6.84. The summed E-state index contributed by atoms with van der Waals surface area (Å²) in [4.78, 5) is 2.43. The fourth-order valence-corrected chi connectivity index (χ4v) is 2.78. The van der Waals surface area contributed by atoms with Crippen molar-refractivity contribution < 1.29 is 9.84 Å². The third kappa shape index (κ3) is 3.10. The fourth-order valence-electron chi connectivity index (χ4n) is 2.78. The van der Waals surface area contributed by atoms with E-state index in [1.165, 1.54) is 5.56 Å². The summed E-state index contributed by atoms with van der Waals surface area (Å²) in [5, 5.41) is 10.5. The summed E-state index contributed by atoms with van der Waals surface area (Å²) in [6.45, 7) is 3.81. The molecule has 2 aliphatic rings. The Morgan fingerprint density at radius 3 is 2.50 bits per heavy atom. The molecule has 2 aliphatic heterocycles. The lowest BCUT2D eigenvalue weighted by Gasteiger charge is -2.38. The van der Waals surface area contributed by atoms with Gasteiger partial charge in [0.05, 0.1) is 18.3 Å². The van der Waals surface area contributed by atoms with Crippen LogP contribution in [0.25, 0.3) is 0 Å². The quantitative estimate of drug-likeness (QED) is 0.824. The highest BCUT2D eigenvalue weighted by molar-refractivity contribution is 5.14. The molecule has 3 heteroatoms. The molecule has 0 spiro atoms. The van der Waals surface area contributed by atoms with Gasteiger partial charge in [-0.05, 0) is 18.4 Å². The van der Waals surface area contributed by atoms with Crippen molar-refractivity contribution in [2.45, 2.75) is 37.5 Å². The van der Waals surface area contributed by atoms with Crippen LogP contribution >= 0.6 is 0 Å². The topological polar surface area (TPSA) is 36.0 Å². The van der Waals surface area contributed by atoms with E-state index in [1.807, 2.05) is 6.07 Å². The highest BCUT2D eigenvalue weighted by Gasteiger charge is 2.38. The standard InChI is InChI=1S/C15H21NO2/c17-15(10-14-12-18-14)6-8-16(9-7-15)11-13-4-2-1-3-5-13/h1-5,14,17H,6-12H2. The van der Waals surface area contributed by atoms with Gasteiger partial charge in [0.25, 0.3) is 0 Å². The summed E-state index contributed by atoms with van der Waals surface area (Å²) in [5.41, 5.74) is 0.877. The van der Waals surface area contributed by atoms with Crippen molar-refractivity contribution in [3.8, 4) is 0 Å². The molecule has 18 heavy (non-hydrogen) atoms. The van der Waals surface area contributed by atoms with Gasteiger partial charge in [0.2, 0.25) is 0 Å². The molecule has 0 saturated carbocycles. The van der Waals surface area contributed by atoms with E-state index >= 15 is 0 Å². The number of hydrogen-bond donors (Lipinski definition) is 1. The molecule has 1 atom stereocenters. The van der Waals surface area contributed by atoms with E-state index in [2.05, 4.69) is 29.2 Å². The number of piperidine rings is 1. The summed E-state index contributed by atoms with van der Waals surface area (Å²) < 4.78 is 5.23. The van der Waals surface area contributed by atoms with Gasteiger partial charge in [-0.3, -0.25) is 4.90 Å². The van der Waals surface area contributed by atoms with E-state index < -0.39 is 5.60 Å². The van der Waals surface area contributed by atoms with Crippen molar-refractivity contribution in [3.05, 3.63) is 35.9 Å². The van der Waals surface area contributed by atoms with Crippen LogP contribution in [0.1, 0.15) is 24.8 Å². The Kier molecular flexibility index (Phi) is 3.37. The van der Waals surface area contributed by atoms with Gasteiger partial charge in [-0.15, -0.1) is 0 Å². The number of ether oxygens (including phenoxy) is 1. The van der Waals surface area contributed by atoms with Crippen molar-refractivity contribution in [2.75, 3.05) is 19.7 Å². The van der Waals surface area contributed by atoms with Crippen LogP contribution in [0.15, 0.2) is 30.3 Å². The third-order valence-electron chi connectivity index (χ3n) is 4.05. The van der Waals surface area contributed by atoms with Crippen LogP contribution in [0.4, 0.5) is 0 Å². The van der Waals surface area contributed by atoms with E-state index in [0.29, 0.717) is 6.10 Å². The molecular formula is C15H21NO2. The summed E-state index contributed by atoms with van der Waals surface area (Å²) in [5.74, 6) is 0. The largest absolute Gasteiger partial charge is 0.390 e. The van der Waals surface area contributed by atoms with Crippen LogP contribution in [0.2, 0.25) is 0 Å². The first-order chi connectivity index (χ1) is 8.73. The molecule has 3 rings (SSSR count). The summed E-state index contributed by atoms with van der Waals surface area (Å²) in [6, 6.07) is 10.5. The first-order valence-electron chi connectivity index (χ1n) is 6.84. The molecule has 1 N–H and O–H groups in total. The highest BCUT2D eigenvalue weighted by atomic mass is 16.6. The third-order valence-corrected chi connectivity index (χ3v) is 4.05. The zero-order chi connectivity index (χ0) is 12.4. The smallest absolute Gasteiger partial charge is 0.0837 e. The van der Waals surface area contributed by atoms with E-state index in [4.69, 9.17) is 4.74 Å². The van der Waals surface area contributed by atoms with Crippen LogP contribution < -0.4 is 0 Å². The maximum absolute atomic E-state index is 10.5. The van der Waals surface area contributed by atoms with E-state index in [9.17, 15) is 5.11 Å². The molecule has 1 unspecified atom stereocenters. The lowest BCUT2D eigenvalue weighted by Crippen LogP contribution is -2.44. The van der Waals surface area contributed by atoms with Crippen LogP contribution in [0.5, 0.6) is 0 Å². The second-order valence-corrected chi connectivity index (χ2v) is 5.65. The predicted octanol–water partition coefficient (Wildman–Crippen LogP) is 1.80. The number of likely N-dealkylation sites (tertiary alicyclic amines) is 1. The zero-order valence-corrected chi connectivity index (χ0v) is 10.7. The van der Waals surface area contributed by atoms with Crippen LogP contribution in [0, 0.1) is 0 Å². The maximum Gasteiger partial charge on any atom is 0.0837 e. The minimum Gasteiger partial charge on any atom is -0.390 e. The molecule has 3 nitrogen and oxygen atoms in total. The molecule has 0 bridgehead atoms. The summed E-state index contributed by atoms with van der Waals surface area (Å²) in [6.07, 6.45) is 2.90. The molecule has 0 radical (unpaired) electrons. The minimum absolute atomic E-state index is 0.329. The number of aliphatic hydroxyl groups is 1. The van der Waals surface area contributed by atoms with Crippen molar-refractivity contribution >= 4 is 0 Å². The molecule has 0 amide bonds. The Hall–Kier alpha value is -0.900. The maximum atomic E-state index is 10.5. The van der Waals surface area contributed by atoms with E-state index in [1.54, 1.807) is 0 Å². The lowest BCUT2D eigenvalue weighted by atomic mass is 9.87. The van der Waals surface area contributed by atoms with Gasteiger partial charge in [-0.2, -0.15) is 0 Å². The normalized spacial score (nSPS) is 27.1. The van der Waals surface area contributed by atoms with Gasteiger partial charge in [0.15, 0.2) is 0 Å². The molecule has 0 aromatic heterocycles. The zero-order valence-electron chi connectivity index (χ0n) is 10.7. The average Bonchev–Trinajstić information content (AvgIpc) is 3.17. The van der Waals surface area contributed by atoms with Crippen LogP contribution in [-0.2, 0) is 11.3 Å². The number of nitrogens with zero attached hydrogens (tertiary/aromatic N) is 1. The summed E-state index contributed by atoms with van der Waals surface area (Å²) in [7, 11) is 0. The second kappa shape index (κ2) is 5.00. The molecule has 1 aromatic rings. The Labute approximate surface area is 108 Å². The monoisotopic (exact) mass is 247 g/mol. The van der Waals surface area contributed by atoms with Crippen molar-refractivity contribution in [1.82, 2.24) is 4.90 Å². The van der Waals surface area contributed by atoms with Gasteiger partial charge < -0.3 is 9.84 Å². The molecule has 2 fully saturated rings. The molecule has 2 heterocycles. The number of rotatable bonds is 4. The highest BCUT2D eigenvalue weighted by Crippen LogP contribution is 2.31. The lowest BCUT2D eigenvalue weighted by molar-refractivity contribution is -0.0338. The van der Waals surface area contributed by atoms with Gasteiger partial charge in [-0.25, -0.2) is 0 Å². The van der Waals surface area contributed by atoms with Crippen molar-refractivity contribution in [2.24, 2.45) is 0 Å². The Morgan fingerprint density at radius 1 is 1.22 bits per heavy atom. The average molecular weight is 247 g/mol. The van der Waals surface area contributed by atoms with E-state index in [-0.39, 0.29) is 0 Å². The van der Waals surface area contributed by atoms with Crippen LogP contribution in [0.3, 0.4) is 0 Å². The van der Waals surface area contributed by atoms with Crippen molar-refractivity contribution in [1.29, 1.82) is 0 Å². The predicted molar refractivity (Wildman–Crippen MR) is 70.3 cm³/mol. The Morgan fingerprint density at radius 2 is 1.89 bits per heavy atom. The molecule has 0 aliphatic carbocycles. The molecule has 98 valence electrons. The minimum atomic E-state index is -0.478. The van der Waals surface area contributed by atoms with Crippen LogP contribution in [-0.4, -0.2) is 41.4 Å². The molecule has 2 saturated heterocycles. The number of benzene rings is 1. The molecular weight excluding hydrogens is 226 g/mol. The molecule has 1 aromatic carbocycles. The fraction of sp³-hybridized carbons (Fsp3) is 0.600. The van der Waals surface area contributed by atoms with Gasteiger partial charge in [0.1, 0.15) is 0 Å². The Bertz CT molecular complexity index is 381. The van der Waals surface area contributed by atoms with E-state index in [0.717, 1.165) is 45.5 Å². The van der Waals surface area contributed by atoms with Gasteiger partial charge in [0, 0.05) is 26.1 Å². The first kappa shape index (κ1) is 12.2. The SMILES string of the molecule is OC1(CC2CO2)CCN(Cc2ccccc2)CC1. The van der Waals surface area contributed by atoms with Gasteiger partial charge >= 0.3 is 0 Å². The van der Waals surface area contributed by atoms with Gasteiger partial charge in [-0.1, -0.05) is 30.3 Å². The number of epoxide rings is 1.